The number of aliphatic hydroxyl groups is 1. The Balaban J connectivity index is 3.39. The van der Waals surface area contributed by atoms with E-state index in [1.54, 1.807) is 0 Å². The van der Waals surface area contributed by atoms with Gasteiger partial charge in [0.25, 0.3) is 0 Å². The Bertz CT molecular complexity index is 102. The minimum Gasteiger partial charge on any atom is -0.512 e. The van der Waals surface area contributed by atoms with Crippen LogP contribution in [-0.4, -0.2) is 17.2 Å². The van der Waals surface area contributed by atoms with Gasteiger partial charge in [-0.2, -0.15) is 0 Å². The normalized spacial score (nSPS) is 11.4. The number of hydrogen-bond donors (Lipinski definition) is 2. The first-order chi connectivity index (χ1) is 3.92. The van der Waals surface area contributed by atoms with E-state index in [1.807, 2.05) is 20.8 Å². The maximum absolute atomic E-state index is 8.66. The summed E-state index contributed by atoms with van der Waals surface area (Å²) in [4.78, 5) is 0. The van der Waals surface area contributed by atoms with E-state index in [4.69, 9.17) is 5.11 Å². The smallest absolute Gasteiger partial charge is 0.0989 e. The van der Waals surface area contributed by atoms with Gasteiger partial charge in [0.2, 0.25) is 0 Å². The van der Waals surface area contributed by atoms with Gasteiger partial charge in [0.05, 0.1) is 12.3 Å². The fourth-order valence-corrected chi connectivity index (χ4v) is 0.367. The molecule has 0 aromatic rings. The molecule has 54 valence electrons. The molecule has 0 fully saturated rings. The van der Waals surface area contributed by atoms with Gasteiger partial charge < -0.3 is 10.4 Å². The average molecular weight is 129 g/mol. The van der Waals surface area contributed by atoms with Crippen molar-refractivity contribution < 1.29 is 5.11 Å². The first kappa shape index (κ1) is 8.50. The lowest BCUT2D eigenvalue weighted by atomic mass is 10.1. The van der Waals surface area contributed by atoms with E-state index in [-0.39, 0.29) is 11.3 Å². The van der Waals surface area contributed by atoms with Crippen molar-refractivity contribution >= 4 is 0 Å². The van der Waals surface area contributed by atoms with Crippen LogP contribution in [0.4, 0.5) is 0 Å². The summed E-state index contributed by atoms with van der Waals surface area (Å²) in [5.41, 5.74) is 0.0612. The van der Waals surface area contributed by atoms with Crippen molar-refractivity contribution in [2.24, 2.45) is 0 Å². The van der Waals surface area contributed by atoms with E-state index in [1.165, 1.54) is 0 Å². The monoisotopic (exact) mass is 129 g/mol. The van der Waals surface area contributed by atoms with Crippen molar-refractivity contribution in [1.82, 2.24) is 5.32 Å². The molecule has 0 aromatic carbocycles. The van der Waals surface area contributed by atoms with Crippen LogP contribution in [0.25, 0.3) is 0 Å². The lowest BCUT2D eigenvalue weighted by Crippen LogP contribution is -2.36. The first-order valence-corrected chi connectivity index (χ1v) is 3.03. The van der Waals surface area contributed by atoms with Crippen molar-refractivity contribution in [2.45, 2.75) is 26.3 Å². The molecule has 0 aliphatic heterocycles. The predicted molar refractivity (Wildman–Crippen MR) is 39.5 cm³/mol. The number of nitrogens with one attached hydrogen (secondary N) is 1. The predicted octanol–water partition coefficient (Wildman–Crippen LogP) is 1.45. The molecule has 2 nitrogen and oxygen atoms in total. The summed E-state index contributed by atoms with van der Waals surface area (Å²) in [6, 6.07) is 0. The van der Waals surface area contributed by atoms with Gasteiger partial charge in [0.15, 0.2) is 0 Å². The van der Waals surface area contributed by atoms with Crippen LogP contribution >= 0.6 is 0 Å². The highest BCUT2D eigenvalue weighted by molar-refractivity contribution is 4.85. The third-order valence-corrected chi connectivity index (χ3v) is 0.823. The molecule has 2 heteroatoms. The fourth-order valence-electron chi connectivity index (χ4n) is 0.367. The van der Waals surface area contributed by atoms with Gasteiger partial charge in [0, 0.05) is 5.54 Å². The van der Waals surface area contributed by atoms with E-state index < -0.39 is 0 Å². The highest BCUT2D eigenvalue weighted by Crippen LogP contribution is 1.97. The van der Waals surface area contributed by atoms with Crippen molar-refractivity contribution in [3.63, 3.8) is 0 Å². The van der Waals surface area contributed by atoms with E-state index >= 15 is 0 Å². The number of rotatable bonds is 2. The van der Waals surface area contributed by atoms with Gasteiger partial charge in [-0.1, -0.05) is 6.58 Å². The minimum absolute atomic E-state index is 0.0612. The van der Waals surface area contributed by atoms with Crippen molar-refractivity contribution in [3.8, 4) is 0 Å². The quantitative estimate of drug-likeness (QED) is 0.553. The molecule has 0 bridgehead atoms. The van der Waals surface area contributed by atoms with E-state index in [9.17, 15) is 0 Å². The lowest BCUT2D eigenvalue weighted by Gasteiger charge is -2.19. The van der Waals surface area contributed by atoms with Crippen LogP contribution < -0.4 is 5.32 Å². The Morgan fingerprint density at radius 3 is 2.11 bits per heavy atom. The molecule has 9 heavy (non-hydrogen) atoms. The zero-order valence-electron chi connectivity index (χ0n) is 6.36. The summed E-state index contributed by atoms with van der Waals surface area (Å²) < 4.78 is 0. The van der Waals surface area contributed by atoms with Crippen molar-refractivity contribution in [3.05, 3.63) is 12.3 Å². The molecule has 0 aliphatic rings. The molecule has 0 aliphatic carbocycles. The highest BCUT2D eigenvalue weighted by atomic mass is 16.3. The summed E-state index contributed by atoms with van der Waals surface area (Å²) >= 11 is 0. The molecule has 0 rings (SSSR count). The standard InChI is InChI=1S/C7H15NO/c1-6(9)5-8-7(2,3)4/h8-9H,1,5H2,2-4H3. The number of aliphatic hydroxyl groups excluding tert-OH is 1. The second-order valence-corrected chi connectivity index (χ2v) is 3.17. The first-order valence-electron chi connectivity index (χ1n) is 3.03. The third kappa shape index (κ3) is 7.50. The molecule has 2 N–H and O–H groups in total. The van der Waals surface area contributed by atoms with Crippen LogP contribution in [0.5, 0.6) is 0 Å². The van der Waals surface area contributed by atoms with Crippen molar-refractivity contribution in [1.29, 1.82) is 0 Å². The van der Waals surface area contributed by atoms with Gasteiger partial charge in [-0.15, -0.1) is 0 Å². The molecule has 0 heterocycles. The van der Waals surface area contributed by atoms with Crippen LogP contribution in [0.3, 0.4) is 0 Å². The maximum Gasteiger partial charge on any atom is 0.0989 e. The Morgan fingerprint density at radius 1 is 1.56 bits per heavy atom. The van der Waals surface area contributed by atoms with Crippen LogP contribution in [0.1, 0.15) is 20.8 Å². The maximum atomic E-state index is 8.66. The largest absolute Gasteiger partial charge is 0.512 e. The van der Waals surface area contributed by atoms with Crippen LogP contribution in [0.15, 0.2) is 12.3 Å². The van der Waals surface area contributed by atoms with Crippen LogP contribution in [0.2, 0.25) is 0 Å². The lowest BCUT2D eigenvalue weighted by molar-refractivity contribution is 0.355. The van der Waals surface area contributed by atoms with Gasteiger partial charge in [-0.25, -0.2) is 0 Å². The Hall–Kier alpha value is -0.500. The highest BCUT2D eigenvalue weighted by Gasteiger charge is 2.07. The molecule has 0 spiro atoms. The topological polar surface area (TPSA) is 32.3 Å². The van der Waals surface area contributed by atoms with E-state index in [0.29, 0.717) is 6.54 Å². The molecule has 0 amide bonds. The Labute approximate surface area is 56.6 Å². The number of hydrogen-bond acceptors (Lipinski definition) is 2. The Morgan fingerprint density at radius 2 is 2.00 bits per heavy atom. The van der Waals surface area contributed by atoms with Gasteiger partial charge in [0.1, 0.15) is 0 Å². The molecule has 0 atom stereocenters. The summed E-state index contributed by atoms with van der Waals surface area (Å²) in [5, 5.41) is 11.7. The van der Waals surface area contributed by atoms with Gasteiger partial charge in [-0.3, -0.25) is 0 Å². The molecule has 0 aromatic heterocycles. The summed E-state index contributed by atoms with van der Waals surface area (Å²) in [6.07, 6.45) is 0. The van der Waals surface area contributed by atoms with Gasteiger partial charge >= 0.3 is 0 Å². The molecule has 0 saturated carbocycles. The second-order valence-electron chi connectivity index (χ2n) is 3.17. The average Bonchev–Trinajstić information content (AvgIpc) is 1.59. The molecular formula is C7H15NO. The third-order valence-electron chi connectivity index (χ3n) is 0.823. The molecule has 0 radical (unpaired) electrons. The van der Waals surface area contributed by atoms with Crippen molar-refractivity contribution in [2.75, 3.05) is 6.54 Å². The fraction of sp³-hybridized carbons (Fsp3) is 0.714. The second kappa shape index (κ2) is 2.87. The zero-order valence-corrected chi connectivity index (χ0v) is 6.36. The summed E-state index contributed by atoms with van der Waals surface area (Å²) in [6.45, 7) is 9.94. The van der Waals surface area contributed by atoms with Gasteiger partial charge in [-0.05, 0) is 20.8 Å². The SMILES string of the molecule is C=C(O)CNC(C)(C)C. The van der Waals surface area contributed by atoms with Crippen LogP contribution in [0, 0.1) is 0 Å². The van der Waals surface area contributed by atoms with Crippen LogP contribution in [-0.2, 0) is 0 Å². The molecule has 0 unspecified atom stereocenters. The summed E-state index contributed by atoms with van der Waals surface area (Å²) in [5.74, 6) is 0.185. The van der Waals surface area contributed by atoms with E-state index in [0.717, 1.165) is 0 Å². The van der Waals surface area contributed by atoms with E-state index in [2.05, 4.69) is 11.9 Å². The molecular weight excluding hydrogens is 114 g/mol. The minimum atomic E-state index is 0.0612. The Kier molecular flexibility index (Phi) is 2.71. The summed E-state index contributed by atoms with van der Waals surface area (Å²) in [7, 11) is 0. The zero-order chi connectivity index (χ0) is 7.49. The molecule has 0 saturated heterocycles.